The topological polar surface area (TPSA) is 54.0 Å². The number of hydrogen-bond acceptors (Lipinski definition) is 4. The number of hydrogen-bond donors (Lipinski definition) is 2. The van der Waals surface area contributed by atoms with E-state index in [1.807, 2.05) is 35.7 Å². The Bertz CT molecular complexity index is 550. The number of amides is 1. The number of benzene rings is 1. The predicted molar refractivity (Wildman–Crippen MR) is 79.5 cm³/mol. The smallest absolute Gasteiger partial charge is 0.225 e. The van der Waals surface area contributed by atoms with Crippen molar-refractivity contribution in [2.24, 2.45) is 5.92 Å². The van der Waals surface area contributed by atoms with E-state index in [4.69, 9.17) is 0 Å². The lowest BCUT2D eigenvalue weighted by Gasteiger charge is -2.19. The number of carbonyl (C=O) groups is 1. The number of nitrogens with one attached hydrogen (secondary N) is 2. The molecule has 104 valence electrons. The van der Waals surface area contributed by atoms with Gasteiger partial charge in [0.05, 0.1) is 5.92 Å². The number of carbonyl (C=O) groups excluding carboxylic acids is 1. The Labute approximate surface area is 122 Å². The van der Waals surface area contributed by atoms with Gasteiger partial charge in [0, 0.05) is 18.1 Å². The van der Waals surface area contributed by atoms with E-state index in [2.05, 4.69) is 15.6 Å². The van der Waals surface area contributed by atoms with Crippen molar-refractivity contribution in [3.05, 3.63) is 52.5 Å². The summed E-state index contributed by atoms with van der Waals surface area (Å²) in [7, 11) is 0. The lowest BCUT2D eigenvalue weighted by atomic mass is 10.0. The van der Waals surface area contributed by atoms with Crippen LogP contribution in [0.15, 0.2) is 41.9 Å². The van der Waals surface area contributed by atoms with Crippen LogP contribution < -0.4 is 10.6 Å². The van der Waals surface area contributed by atoms with Gasteiger partial charge in [-0.1, -0.05) is 30.3 Å². The molecule has 5 heteroatoms. The number of thiazole rings is 1. The summed E-state index contributed by atoms with van der Waals surface area (Å²) in [6.07, 6.45) is 2.68. The Hall–Kier alpha value is -1.72. The summed E-state index contributed by atoms with van der Waals surface area (Å²) in [5.74, 6) is 0.181. The lowest BCUT2D eigenvalue weighted by Crippen LogP contribution is -2.35. The van der Waals surface area contributed by atoms with Crippen LogP contribution in [0.25, 0.3) is 0 Å². The Balaban J connectivity index is 1.81. The maximum absolute atomic E-state index is 12.3. The van der Waals surface area contributed by atoms with Crippen molar-refractivity contribution < 1.29 is 4.79 Å². The van der Waals surface area contributed by atoms with Crippen molar-refractivity contribution in [2.75, 3.05) is 13.1 Å². The highest BCUT2D eigenvalue weighted by atomic mass is 32.1. The fraction of sp³-hybridized carbons (Fsp3) is 0.333. The lowest BCUT2D eigenvalue weighted by molar-refractivity contribution is -0.124. The maximum atomic E-state index is 12.3. The average molecular weight is 287 g/mol. The van der Waals surface area contributed by atoms with Crippen LogP contribution in [0.1, 0.15) is 23.0 Å². The summed E-state index contributed by atoms with van der Waals surface area (Å²) in [6.45, 7) is 1.69. The van der Waals surface area contributed by atoms with Crippen molar-refractivity contribution in [3.8, 4) is 0 Å². The van der Waals surface area contributed by atoms with Gasteiger partial charge in [-0.2, -0.15) is 0 Å². The van der Waals surface area contributed by atoms with E-state index in [1.165, 1.54) is 0 Å². The molecule has 0 spiro atoms. The molecule has 0 bridgehead atoms. The largest absolute Gasteiger partial charge is 0.342 e. The first-order valence-corrected chi connectivity index (χ1v) is 7.68. The summed E-state index contributed by atoms with van der Waals surface area (Å²) in [5, 5.41) is 9.24. The first kappa shape index (κ1) is 13.3. The highest BCUT2D eigenvalue weighted by molar-refractivity contribution is 7.09. The zero-order valence-corrected chi connectivity index (χ0v) is 11.9. The molecule has 3 rings (SSSR count). The van der Waals surface area contributed by atoms with Gasteiger partial charge in [-0.05, 0) is 18.5 Å². The Morgan fingerprint density at radius 1 is 1.40 bits per heavy atom. The molecule has 0 saturated carbocycles. The van der Waals surface area contributed by atoms with Gasteiger partial charge >= 0.3 is 0 Å². The third-order valence-electron chi connectivity index (χ3n) is 3.55. The third kappa shape index (κ3) is 2.89. The van der Waals surface area contributed by atoms with E-state index in [9.17, 15) is 4.79 Å². The molecule has 20 heavy (non-hydrogen) atoms. The Kier molecular flexibility index (Phi) is 4.08. The predicted octanol–water partition coefficient (Wildman–Crippen LogP) is 1.96. The van der Waals surface area contributed by atoms with E-state index in [0.29, 0.717) is 0 Å². The highest BCUT2D eigenvalue weighted by Crippen LogP contribution is 2.24. The maximum Gasteiger partial charge on any atom is 0.225 e. The number of aromatic nitrogens is 1. The van der Waals surface area contributed by atoms with Crippen LogP contribution in [-0.4, -0.2) is 24.0 Å². The van der Waals surface area contributed by atoms with Gasteiger partial charge in [0.2, 0.25) is 5.91 Å². The highest BCUT2D eigenvalue weighted by Gasteiger charge is 2.26. The minimum atomic E-state index is -0.149. The van der Waals surface area contributed by atoms with Gasteiger partial charge in [0.25, 0.3) is 0 Å². The van der Waals surface area contributed by atoms with Crippen molar-refractivity contribution in [2.45, 2.75) is 12.5 Å². The molecule has 1 fully saturated rings. The summed E-state index contributed by atoms with van der Waals surface area (Å²) in [6, 6.07) is 9.85. The molecule has 1 aliphatic heterocycles. The van der Waals surface area contributed by atoms with Crippen LogP contribution >= 0.6 is 11.3 Å². The third-order valence-corrected chi connectivity index (χ3v) is 4.39. The van der Waals surface area contributed by atoms with Gasteiger partial charge in [-0.15, -0.1) is 11.3 Å². The SMILES string of the molecule is O=C(NC(c1ccccc1)c1nccs1)C1CCNC1. The fourth-order valence-electron chi connectivity index (χ4n) is 2.45. The van der Waals surface area contributed by atoms with Crippen LogP contribution in [-0.2, 0) is 4.79 Å². The van der Waals surface area contributed by atoms with Crippen molar-refractivity contribution in [1.29, 1.82) is 0 Å². The minimum Gasteiger partial charge on any atom is -0.342 e. The van der Waals surface area contributed by atoms with E-state index >= 15 is 0 Å². The van der Waals surface area contributed by atoms with Crippen molar-refractivity contribution in [1.82, 2.24) is 15.6 Å². The van der Waals surface area contributed by atoms with E-state index in [0.717, 1.165) is 30.1 Å². The first-order chi connectivity index (χ1) is 9.84. The van der Waals surface area contributed by atoms with Gasteiger partial charge < -0.3 is 10.6 Å². The molecular formula is C15H17N3OS. The summed E-state index contributed by atoms with van der Waals surface area (Å²) in [5.41, 5.74) is 1.07. The molecular weight excluding hydrogens is 270 g/mol. The zero-order chi connectivity index (χ0) is 13.8. The number of rotatable bonds is 4. The molecule has 2 heterocycles. The van der Waals surface area contributed by atoms with Gasteiger partial charge in [0.15, 0.2) is 0 Å². The van der Waals surface area contributed by atoms with Gasteiger partial charge in [0.1, 0.15) is 11.0 Å². The zero-order valence-electron chi connectivity index (χ0n) is 11.1. The summed E-state index contributed by atoms with van der Waals surface area (Å²) in [4.78, 5) is 16.7. The molecule has 0 aliphatic carbocycles. The van der Waals surface area contributed by atoms with Crippen molar-refractivity contribution >= 4 is 17.2 Å². The van der Waals surface area contributed by atoms with Crippen LogP contribution in [0, 0.1) is 5.92 Å². The Morgan fingerprint density at radius 3 is 2.90 bits per heavy atom. The molecule has 1 amide bonds. The molecule has 2 aromatic rings. The summed E-state index contributed by atoms with van der Waals surface area (Å²) < 4.78 is 0. The van der Waals surface area contributed by atoms with Crippen molar-refractivity contribution in [3.63, 3.8) is 0 Å². The second-order valence-corrected chi connectivity index (χ2v) is 5.84. The second kappa shape index (κ2) is 6.15. The fourth-order valence-corrected chi connectivity index (χ4v) is 3.16. The first-order valence-electron chi connectivity index (χ1n) is 6.80. The van der Waals surface area contributed by atoms with E-state index < -0.39 is 0 Å². The quantitative estimate of drug-likeness (QED) is 0.904. The number of nitrogens with zero attached hydrogens (tertiary/aromatic N) is 1. The standard InChI is InChI=1S/C15H17N3OS/c19-14(12-6-7-16-10-12)18-13(15-17-8-9-20-15)11-4-2-1-3-5-11/h1-5,8-9,12-13,16H,6-7,10H2,(H,18,19). The average Bonchev–Trinajstić information content (AvgIpc) is 3.18. The normalized spacial score (nSPS) is 19.7. The molecule has 4 nitrogen and oxygen atoms in total. The van der Waals surface area contributed by atoms with Crippen LogP contribution in [0.5, 0.6) is 0 Å². The monoisotopic (exact) mass is 287 g/mol. The molecule has 1 aromatic heterocycles. The summed E-state index contributed by atoms with van der Waals surface area (Å²) >= 11 is 1.57. The molecule has 0 radical (unpaired) electrons. The van der Waals surface area contributed by atoms with E-state index in [1.54, 1.807) is 17.5 Å². The van der Waals surface area contributed by atoms with Gasteiger partial charge in [-0.3, -0.25) is 4.79 Å². The molecule has 1 saturated heterocycles. The minimum absolute atomic E-state index is 0.0705. The van der Waals surface area contributed by atoms with Gasteiger partial charge in [-0.25, -0.2) is 4.98 Å². The molecule has 2 unspecified atom stereocenters. The Morgan fingerprint density at radius 2 is 2.25 bits per heavy atom. The molecule has 2 N–H and O–H groups in total. The molecule has 1 aliphatic rings. The molecule has 2 atom stereocenters. The van der Waals surface area contributed by atoms with Crippen LogP contribution in [0.4, 0.5) is 0 Å². The van der Waals surface area contributed by atoms with Crippen LogP contribution in [0.3, 0.4) is 0 Å². The molecule has 1 aromatic carbocycles. The second-order valence-electron chi connectivity index (χ2n) is 4.91. The van der Waals surface area contributed by atoms with Crippen LogP contribution in [0.2, 0.25) is 0 Å². The van der Waals surface area contributed by atoms with E-state index in [-0.39, 0.29) is 17.9 Å².